The van der Waals surface area contributed by atoms with Gasteiger partial charge in [-0.25, -0.2) is 8.42 Å². The highest BCUT2D eigenvalue weighted by atomic mass is 35.7. The Labute approximate surface area is 136 Å². The van der Waals surface area contributed by atoms with E-state index >= 15 is 0 Å². The minimum atomic E-state index is -3.95. The molecular weight excluding hydrogens is 359 g/mol. The standard InChI is InChI=1S/C12H11Cl3N2O3S/c1-2-17-6-8(5-16-17)7-20-11-3-10(14)12(4-9(11)13)21(15,18)19/h3-6H,2,7H2,1H3. The zero-order chi connectivity index (χ0) is 15.6. The van der Waals surface area contributed by atoms with Gasteiger partial charge in [-0.1, -0.05) is 23.2 Å². The maximum Gasteiger partial charge on any atom is 0.262 e. The van der Waals surface area contributed by atoms with Crippen LogP contribution in [0.1, 0.15) is 12.5 Å². The molecule has 0 N–H and O–H groups in total. The Hall–Kier alpha value is -0.950. The van der Waals surface area contributed by atoms with Crippen LogP contribution in [0.3, 0.4) is 0 Å². The van der Waals surface area contributed by atoms with Crippen LogP contribution in [0, 0.1) is 0 Å². The first-order valence-corrected chi connectivity index (χ1v) is 8.95. The van der Waals surface area contributed by atoms with Gasteiger partial charge in [0.25, 0.3) is 9.05 Å². The Morgan fingerprint density at radius 3 is 2.57 bits per heavy atom. The Bertz CT molecular complexity index is 759. The molecule has 0 bridgehead atoms. The van der Waals surface area contributed by atoms with E-state index < -0.39 is 9.05 Å². The van der Waals surface area contributed by atoms with Gasteiger partial charge in [-0.3, -0.25) is 4.68 Å². The predicted molar refractivity (Wildman–Crippen MR) is 81.7 cm³/mol. The number of rotatable bonds is 5. The number of aryl methyl sites for hydroxylation is 1. The van der Waals surface area contributed by atoms with Crippen LogP contribution in [0.4, 0.5) is 0 Å². The Kier molecular flexibility index (Phi) is 5.03. The second kappa shape index (κ2) is 6.44. The molecule has 2 aromatic rings. The fourth-order valence-electron chi connectivity index (χ4n) is 1.62. The molecule has 1 heterocycles. The molecule has 0 saturated heterocycles. The number of benzene rings is 1. The maximum atomic E-state index is 11.3. The Balaban J connectivity index is 2.19. The largest absolute Gasteiger partial charge is 0.487 e. The van der Waals surface area contributed by atoms with E-state index in [0.717, 1.165) is 18.2 Å². The van der Waals surface area contributed by atoms with Crippen molar-refractivity contribution in [2.75, 3.05) is 0 Å². The van der Waals surface area contributed by atoms with Gasteiger partial charge in [-0.15, -0.1) is 0 Å². The number of halogens is 3. The zero-order valence-corrected chi connectivity index (χ0v) is 14.0. The molecule has 114 valence electrons. The molecule has 0 spiro atoms. The van der Waals surface area contributed by atoms with E-state index in [9.17, 15) is 8.42 Å². The van der Waals surface area contributed by atoms with Crippen molar-refractivity contribution in [1.82, 2.24) is 9.78 Å². The summed E-state index contributed by atoms with van der Waals surface area (Å²) in [6.07, 6.45) is 3.52. The minimum absolute atomic E-state index is 0.0475. The van der Waals surface area contributed by atoms with Gasteiger partial charge in [0.2, 0.25) is 0 Å². The lowest BCUT2D eigenvalue weighted by Gasteiger charge is -2.09. The Morgan fingerprint density at radius 2 is 2.00 bits per heavy atom. The van der Waals surface area contributed by atoms with Gasteiger partial charge in [0.15, 0.2) is 0 Å². The van der Waals surface area contributed by atoms with Crippen molar-refractivity contribution >= 4 is 42.9 Å². The lowest BCUT2D eigenvalue weighted by molar-refractivity contribution is 0.306. The van der Waals surface area contributed by atoms with Gasteiger partial charge in [-0.05, 0) is 13.0 Å². The summed E-state index contributed by atoms with van der Waals surface area (Å²) in [6.45, 7) is 2.97. The zero-order valence-electron chi connectivity index (χ0n) is 10.9. The highest BCUT2D eigenvalue weighted by molar-refractivity contribution is 8.13. The molecule has 21 heavy (non-hydrogen) atoms. The van der Waals surface area contributed by atoms with Crippen LogP contribution in [0.2, 0.25) is 10.0 Å². The first-order chi connectivity index (χ1) is 9.81. The molecule has 0 aliphatic heterocycles. The molecule has 2 rings (SSSR count). The minimum Gasteiger partial charge on any atom is -0.487 e. The van der Waals surface area contributed by atoms with Crippen LogP contribution in [0.25, 0.3) is 0 Å². The van der Waals surface area contributed by atoms with Gasteiger partial charge >= 0.3 is 0 Å². The van der Waals surface area contributed by atoms with Crippen molar-refractivity contribution in [2.24, 2.45) is 0 Å². The van der Waals surface area contributed by atoms with E-state index in [0.29, 0.717) is 0 Å². The second-order valence-corrected chi connectivity index (χ2v) is 7.49. The molecule has 0 amide bonds. The molecule has 0 unspecified atom stereocenters. The van der Waals surface area contributed by atoms with Crippen molar-refractivity contribution < 1.29 is 13.2 Å². The van der Waals surface area contributed by atoms with E-state index in [1.807, 2.05) is 13.1 Å². The smallest absolute Gasteiger partial charge is 0.262 e. The van der Waals surface area contributed by atoms with Gasteiger partial charge in [-0.2, -0.15) is 5.10 Å². The lowest BCUT2D eigenvalue weighted by atomic mass is 10.3. The monoisotopic (exact) mass is 368 g/mol. The fourth-order valence-corrected chi connectivity index (χ4v) is 3.42. The summed E-state index contributed by atoms with van der Waals surface area (Å²) in [5.41, 5.74) is 0.859. The maximum absolute atomic E-state index is 11.3. The topological polar surface area (TPSA) is 61.2 Å². The Morgan fingerprint density at radius 1 is 1.29 bits per heavy atom. The van der Waals surface area contributed by atoms with Crippen molar-refractivity contribution in [3.8, 4) is 5.75 Å². The fraction of sp³-hybridized carbons (Fsp3) is 0.250. The van der Waals surface area contributed by atoms with E-state index in [-0.39, 0.29) is 27.3 Å². The summed E-state index contributed by atoms with van der Waals surface area (Å²) in [5, 5.41) is 4.18. The van der Waals surface area contributed by atoms with Crippen LogP contribution in [0.15, 0.2) is 29.4 Å². The molecule has 1 aromatic carbocycles. The molecular formula is C12H11Cl3N2O3S. The van der Waals surface area contributed by atoms with E-state index in [4.69, 9.17) is 38.6 Å². The SMILES string of the molecule is CCn1cc(COc2cc(Cl)c(S(=O)(=O)Cl)cc2Cl)cn1. The number of aromatic nitrogens is 2. The number of hydrogen-bond acceptors (Lipinski definition) is 4. The number of nitrogens with zero attached hydrogens (tertiary/aromatic N) is 2. The molecule has 9 heteroatoms. The third kappa shape index (κ3) is 4.03. The average molecular weight is 370 g/mol. The average Bonchev–Trinajstić information content (AvgIpc) is 2.86. The van der Waals surface area contributed by atoms with Gasteiger partial charge in [0.05, 0.1) is 16.2 Å². The highest BCUT2D eigenvalue weighted by Crippen LogP contribution is 2.35. The second-order valence-electron chi connectivity index (χ2n) is 4.14. The molecule has 5 nitrogen and oxygen atoms in total. The van der Waals surface area contributed by atoms with Crippen LogP contribution in [-0.2, 0) is 22.2 Å². The molecule has 0 saturated carbocycles. The number of ether oxygens (including phenoxy) is 1. The highest BCUT2D eigenvalue weighted by Gasteiger charge is 2.18. The summed E-state index contributed by atoms with van der Waals surface area (Å²) < 4.78 is 29.9. The normalized spacial score (nSPS) is 11.6. The molecule has 0 aliphatic carbocycles. The molecule has 0 radical (unpaired) electrons. The summed E-state index contributed by atoms with van der Waals surface area (Å²) >= 11 is 11.9. The first-order valence-electron chi connectivity index (χ1n) is 5.89. The lowest BCUT2D eigenvalue weighted by Crippen LogP contribution is -1.98. The van der Waals surface area contributed by atoms with Crippen LogP contribution in [0.5, 0.6) is 5.75 Å². The van der Waals surface area contributed by atoms with Gasteiger partial charge in [0.1, 0.15) is 17.3 Å². The van der Waals surface area contributed by atoms with Gasteiger partial charge < -0.3 is 4.74 Å². The van der Waals surface area contributed by atoms with Crippen molar-refractivity contribution in [3.05, 3.63) is 40.1 Å². The molecule has 0 aliphatic rings. The van der Waals surface area contributed by atoms with Crippen molar-refractivity contribution in [2.45, 2.75) is 25.0 Å². The third-order valence-corrected chi connectivity index (χ3v) is 4.74. The quantitative estimate of drug-likeness (QED) is 0.754. The molecule has 1 aromatic heterocycles. The van der Waals surface area contributed by atoms with E-state index in [1.54, 1.807) is 10.9 Å². The summed E-state index contributed by atoms with van der Waals surface area (Å²) in [5.74, 6) is 0.273. The van der Waals surface area contributed by atoms with Crippen LogP contribution >= 0.6 is 33.9 Å². The molecule has 0 atom stereocenters. The van der Waals surface area contributed by atoms with E-state index in [2.05, 4.69) is 5.10 Å². The van der Waals surface area contributed by atoms with Gasteiger partial charge in [0, 0.05) is 35.1 Å². The summed E-state index contributed by atoms with van der Waals surface area (Å²) in [6, 6.07) is 2.49. The first kappa shape index (κ1) is 16.4. The van der Waals surface area contributed by atoms with Crippen molar-refractivity contribution in [1.29, 1.82) is 0 Å². The number of hydrogen-bond donors (Lipinski definition) is 0. The van der Waals surface area contributed by atoms with Crippen LogP contribution < -0.4 is 4.74 Å². The summed E-state index contributed by atoms with van der Waals surface area (Å²) in [4.78, 5) is -0.248. The van der Waals surface area contributed by atoms with E-state index in [1.165, 1.54) is 6.07 Å². The van der Waals surface area contributed by atoms with Crippen molar-refractivity contribution in [3.63, 3.8) is 0 Å². The third-order valence-electron chi connectivity index (χ3n) is 2.65. The summed E-state index contributed by atoms with van der Waals surface area (Å²) in [7, 11) is 1.30. The predicted octanol–water partition coefficient (Wildman–Crippen LogP) is 3.72. The van der Waals surface area contributed by atoms with Crippen LogP contribution in [-0.4, -0.2) is 18.2 Å². The molecule has 0 fully saturated rings.